The number of carboxylic acids is 1. The van der Waals surface area contributed by atoms with Crippen LogP contribution in [0.3, 0.4) is 0 Å². The first-order valence-electron chi connectivity index (χ1n) is 2.78. The Morgan fingerprint density at radius 3 is 2.60 bits per heavy atom. The minimum Gasteiger partial charge on any atom is -0.480 e. The first-order valence-corrected chi connectivity index (χ1v) is 3.12. The topological polar surface area (TPSA) is 57.6 Å². The second kappa shape index (κ2) is 2.56. The summed E-state index contributed by atoms with van der Waals surface area (Å²) in [5.41, 5.74) is 0. The average molecular weight is 164 g/mol. The summed E-state index contributed by atoms with van der Waals surface area (Å²) in [6.07, 6.45) is 0.0266. The molecule has 5 heteroatoms. The van der Waals surface area contributed by atoms with E-state index < -0.39 is 12.0 Å². The van der Waals surface area contributed by atoms with Gasteiger partial charge in [-0.25, -0.2) is 0 Å². The quantitative estimate of drug-likeness (QED) is 0.547. The number of halogens is 1. The van der Waals surface area contributed by atoms with Crippen LogP contribution in [-0.2, 0) is 9.59 Å². The van der Waals surface area contributed by atoms with Gasteiger partial charge in [-0.15, -0.1) is 0 Å². The van der Waals surface area contributed by atoms with Crippen molar-refractivity contribution in [3.05, 3.63) is 0 Å². The number of rotatable bonds is 1. The van der Waals surface area contributed by atoms with Crippen molar-refractivity contribution in [2.45, 2.75) is 12.5 Å². The lowest BCUT2D eigenvalue weighted by atomic mass is 10.2. The van der Waals surface area contributed by atoms with E-state index in [0.717, 1.165) is 4.42 Å². The number of hydrogen-bond acceptors (Lipinski definition) is 3. The molecule has 56 valence electrons. The van der Waals surface area contributed by atoms with E-state index in [2.05, 4.69) is 0 Å². The minimum atomic E-state index is -1.04. The lowest BCUT2D eigenvalue weighted by molar-refractivity contribution is -0.141. The fourth-order valence-corrected chi connectivity index (χ4v) is 1.15. The summed E-state index contributed by atoms with van der Waals surface area (Å²) >= 11 is 5.40. The van der Waals surface area contributed by atoms with Gasteiger partial charge in [0, 0.05) is 6.42 Å². The lowest BCUT2D eigenvalue weighted by Gasteiger charge is -2.08. The molecule has 0 spiro atoms. The van der Waals surface area contributed by atoms with Crippen molar-refractivity contribution in [1.29, 1.82) is 0 Å². The molecule has 0 bridgehead atoms. The summed E-state index contributed by atoms with van der Waals surface area (Å²) in [5.74, 6) is -1.16. The summed E-state index contributed by atoms with van der Waals surface area (Å²) in [5, 5.41) is 8.42. The third kappa shape index (κ3) is 1.27. The van der Waals surface area contributed by atoms with Gasteiger partial charge < -0.3 is 5.11 Å². The van der Waals surface area contributed by atoms with E-state index in [0.29, 0.717) is 0 Å². The molecule has 0 saturated carbocycles. The van der Waals surface area contributed by atoms with Gasteiger partial charge in [-0.05, 0) is 11.8 Å². The summed E-state index contributed by atoms with van der Waals surface area (Å²) in [6.45, 7) is 0.0402. The standard InChI is InChI=1S/C5H6ClNO3/c6-7-2-3(8)1-4(7)5(9)10/h4H,1-2H2,(H,9,10)/t4-/m0/s1. The predicted molar refractivity (Wildman–Crippen MR) is 33.6 cm³/mol. The van der Waals surface area contributed by atoms with Crippen LogP contribution in [0.5, 0.6) is 0 Å². The highest BCUT2D eigenvalue weighted by Gasteiger charge is 2.34. The van der Waals surface area contributed by atoms with Gasteiger partial charge in [0.05, 0.1) is 6.54 Å². The first kappa shape index (κ1) is 7.50. The van der Waals surface area contributed by atoms with E-state index in [-0.39, 0.29) is 18.7 Å². The molecule has 1 aliphatic heterocycles. The Kier molecular flexibility index (Phi) is 1.92. The van der Waals surface area contributed by atoms with Gasteiger partial charge in [0.25, 0.3) is 0 Å². The highest BCUT2D eigenvalue weighted by molar-refractivity contribution is 6.17. The summed E-state index contributed by atoms with van der Waals surface area (Å²) in [7, 11) is 0. The molecule has 10 heavy (non-hydrogen) atoms. The van der Waals surface area contributed by atoms with E-state index >= 15 is 0 Å². The van der Waals surface area contributed by atoms with Crippen LogP contribution < -0.4 is 0 Å². The van der Waals surface area contributed by atoms with Gasteiger partial charge in [-0.2, -0.15) is 4.42 Å². The van der Waals surface area contributed by atoms with E-state index in [1.165, 1.54) is 0 Å². The van der Waals surface area contributed by atoms with Crippen LogP contribution in [0.1, 0.15) is 6.42 Å². The van der Waals surface area contributed by atoms with E-state index in [4.69, 9.17) is 16.9 Å². The van der Waals surface area contributed by atoms with Crippen molar-refractivity contribution in [3.63, 3.8) is 0 Å². The molecule has 0 aromatic rings. The minimum absolute atomic E-state index is 0.0266. The number of nitrogens with zero attached hydrogens (tertiary/aromatic N) is 1. The summed E-state index contributed by atoms with van der Waals surface area (Å²) in [4.78, 5) is 20.9. The van der Waals surface area contributed by atoms with E-state index in [1.54, 1.807) is 0 Å². The Morgan fingerprint density at radius 1 is 1.80 bits per heavy atom. The molecule has 0 aromatic heterocycles. The molecular formula is C5H6ClNO3. The third-order valence-corrected chi connectivity index (χ3v) is 1.73. The molecule has 0 amide bonds. The van der Waals surface area contributed by atoms with Crippen LogP contribution in [0, 0.1) is 0 Å². The second-order valence-corrected chi connectivity index (χ2v) is 2.59. The molecule has 0 aromatic carbocycles. The Labute approximate surface area is 62.5 Å². The maximum Gasteiger partial charge on any atom is 0.322 e. The number of Topliss-reactive ketones (excluding diaryl/α,β-unsaturated/α-hetero) is 1. The van der Waals surface area contributed by atoms with E-state index in [9.17, 15) is 9.59 Å². The number of carboxylic acid groups (broad SMARTS) is 1. The van der Waals surface area contributed by atoms with Gasteiger partial charge in [-0.3, -0.25) is 9.59 Å². The number of hydrogen-bond donors (Lipinski definition) is 1. The zero-order chi connectivity index (χ0) is 7.72. The summed E-state index contributed by atoms with van der Waals surface area (Å²) < 4.78 is 1.02. The predicted octanol–water partition coefficient (Wildman–Crippen LogP) is -0.132. The van der Waals surface area contributed by atoms with Crippen LogP contribution >= 0.6 is 11.8 Å². The van der Waals surface area contributed by atoms with Gasteiger partial charge in [0.1, 0.15) is 11.8 Å². The lowest BCUT2D eigenvalue weighted by Crippen LogP contribution is -2.28. The van der Waals surface area contributed by atoms with Gasteiger partial charge in [-0.1, -0.05) is 0 Å². The van der Waals surface area contributed by atoms with E-state index in [1.807, 2.05) is 0 Å². The maximum atomic E-state index is 10.6. The average Bonchev–Trinajstić information content (AvgIpc) is 2.10. The number of aliphatic carboxylic acids is 1. The molecule has 1 aliphatic rings. The Hall–Kier alpha value is -0.610. The fourth-order valence-electron chi connectivity index (χ4n) is 0.865. The monoisotopic (exact) mass is 163 g/mol. The maximum absolute atomic E-state index is 10.6. The highest BCUT2D eigenvalue weighted by atomic mass is 35.5. The molecule has 1 heterocycles. The normalized spacial score (nSPS) is 27.3. The number of ketones is 1. The van der Waals surface area contributed by atoms with Crippen LogP contribution in [-0.4, -0.2) is 33.9 Å². The van der Waals surface area contributed by atoms with Crippen molar-refractivity contribution in [1.82, 2.24) is 4.42 Å². The molecule has 1 fully saturated rings. The number of carbonyl (C=O) groups is 2. The largest absolute Gasteiger partial charge is 0.480 e. The molecule has 1 rings (SSSR count). The van der Waals surface area contributed by atoms with Crippen molar-refractivity contribution in [2.75, 3.05) is 6.54 Å². The molecule has 1 saturated heterocycles. The molecule has 4 nitrogen and oxygen atoms in total. The Balaban J connectivity index is 2.63. The van der Waals surface area contributed by atoms with Gasteiger partial charge >= 0.3 is 5.97 Å². The number of carbonyl (C=O) groups excluding carboxylic acids is 1. The first-order chi connectivity index (χ1) is 4.61. The van der Waals surface area contributed by atoms with Crippen LogP contribution in [0.25, 0.3) is 0 Å². The molecule has 1 atom stereocenters. The third-order valence-electron chi connectivity index (χ3n) is 1.37. The van der Waals surface area contributed by atoms with Crippen molar-refractivity contribution in [2.24, 2.45) is 0 Å². The van der Waals surface area contributed by atoms with Crippen LogP contribution in [0.2, 0.25) is 0 Å². The highest BCUT2D eigenvalue weighted by Crippen LogP contribution is 2.16. The zero-order valence-electron chi connectivity index (χ0n) is 5.08. The SMILES string of the molecule is O=C1C[C@@H](C(=O)O)N(Cl)C1. The van der Waals surface area contributed by atoms with Gasteiger partial charge in [0.2, 0.25) is 0 Å². The smallest absolute Gasteiger partial charge is 0.322 e. The summed E-state index contributed by atoms with van der Waals surface area (Å²) in [6, 6.07) is -0.825. The van der Waals surface area contributed by atoms with Crippen LogP contribution in [0.15, 0.2) is 0 Å². The molecule has 0 radical (unpaired) electrons. The zero-order valence-corrected chi connectivity index (χ0v) is 5.84. The molecule has 0 aliphatic carbocycles. The molecule has 0 unspecified atom stereocenters. The molecular weight excluding hydrogens is 158 g/mol. The van der Waals surface area contributed by atoms with Crippen molar-refractivity contribution >= 4 is 23.5 Å². The fraction of sp³-hybridized carbons (Fsp3) is 0.600. The Morgan fingerprint density at radius 2 is 2.40 bits per heavy atom. The van der Waals surface area contributed by atoms with Crippen LogP contribution in [0.4, 0.5) is 0 Å². The molecule has 1 N–H and O–H groups in total. The second-order valence-electron chi connectivity index (χ2n) is 2.15. The Bertz CT molecular complexity index is 182. The van der Waals surface area contributed by atoms with Crippen molar-refractivity contribution < 1.29 is 14.7 Å². The van der Waals surface area contributed by atoms with Gasteiger partial charge in [0.15, 0.2) is 0 Å². The van der Waals surface area contributed by atoms with Crippen molar-refractivity contribution in [3.8, 4) is 0 Å².